The van der Waals surface area contributed by atoms with E-state index in [0.29, 0.717) is 6.04 Å². The van der Waals surface area contributed by atoms with E-state index in [1.165, 1.54) is 38.9 Å². The van der Waals surface area contributed by atoms with Crippen molar-refractivity contribution in [2.45, 2.75) is 66.0 Å². The predicted octanol–water partition coefficient (Wildman–Crippen LogP) is 3.13. The van der Waals surface area contributed by atoms with Gasteiger partial charge in [0.05, 0.1) is 0 Å². The molecule has 2 heteroatoms. The van der Waals surface area contributed by atoms with Gasteiger partial charge in [0.15, 0.2) is 0 Å². The van der Waals surface area contributed by atoms with Crippen LogP contribution in [0.2, 0.25) is 0 Å². The van der Waals surface area contributed by atoms with Gasteiger partial charge in [-0.15, -0.1) is 0 Å². The fraction of sp³-hybridized carbons (Fsp3) is 1.00. The van der Waals surface area contributed by atoms with Crippen LogP contribution in [0.25, 0.3) is 0 Å². The highest BCUT2D eigenvalue weighted by Gasteiger charge is 2.25. The molecule has 1 heterocycles. The first kappa shape index (κ1) is 15.0. The summed E-state index contributed by atoms with van der Waals surface area (Å²) in [6, 6.07) is 1.39. The molecular weight excluding hydrogens is 208 g/mol. The average molecular weight is 240 g/mol. The van der Waals surface area contributed by atoms with E-state index in [4.69, 9.17) is 0 Å². The molecule has 2 unspecified atom stereocenters. The molecule has 0 radical (unpaired) electrons. The molecular formula is C15H32N2. The molecule has 0 aromatic carbocycles. The second kappa shape index (κ2) is 7.38. The van der Waals surface area contributed by atoms with Crippen LogP contribution in [-0.4, -0.2) is 36.6 Å². The quantitative estimate of drug-likeness (QED) is 0.767. The summed E-state index contributed by atoms with van der Waals surface area (Å²) < 4.78 is 0. The van der Waals surface area contributed by atoms with E-state index < -0.39 is 0 Å². The van der Waals surface area contributed by atoms with Gasteiger partial charge in [0.1, 0.15) is 0 Å². The van der Waals surface area contributed by atoms with Gasteiger partial charge in [0.2, 0.25) is 0 Å². The highest BCUT2D eigenvalue weighted by atomic mass is 15.2. The van der Waals surface area contributed by atoms with E-state index in [1.54, 1.807) is 0 Å². The molecule has 1 aliphatic heterocycles. The van der Waals surface area contributed by atoms with Crippen LogP contribution in [0.4, 0.5) is 0 Å². The van der Waals surface area contributed by atoms with Crippen molar-refractivity contribution < 1.29 is 0 Å². The SMILES string of the molecule is CCC(C)C(C)N(CC1CCNCC1)C(C)C. The van der Waals surface area contributed by atoms with Crippen LogP contribution < -0.4 is 5.32 Å². The lowest BCUT2D eigenvalue weighted by molar-refractivity contribution is 0.0930. The maximum atomic E-state index is 3.46. The third-order valence-electron chi connectivity index (χ3n) is 4.58. The van der Waals surface area contributed by atoms with E-state index in [1.807, 2.05) is 0 Å². The summed E-state index contributed by atoms with van der Waals surface area (Å²) in [7, 11) is 0. The van der Waals surface area contributed by atoms with Crippen LogP contribution in [-0.2, 0) is 0 Å². The second-order valence-corrected chi connectivity index (χ2v) is 6.11. The lowest BCUT2D eigenvalue weighted by Crippen LogP contribution is -2.46. The van der Waals surface area contributed by atoms with Crippen molar-refractivity contribution in [3.05, 3.63) is 0 Å². The molecule has 17 heavy (non-hydrogen) atoms. The lowest BCUT2D eigenvalue weighted by Gasteiger charge is -2.39. The van der Waals surface area contributed by atoms with Gasteiger partial charge in [-0.05, 0) is 58.5 Å². The standard InChI is InChI=1S/C15H32N2/c1-6-13(4)14(5)17(12(2)3)11-15-7-9-16-10-8-15/h12-16H,6-11H2,1-5H3. The third-order valence-corrected chi connectivity index (χ3v) is 4.58. The Morgan fingerprint density at radius 3 is 2.18 bits per heavy atom. The average Bonchev–Trinajstić information content (AvgIpc) is 2.35. The third kappa shape index (κ3) is 4.59. The Balaban J connectivity index is 2.52. The van der Waals surface area contributed by atoms with E-state index in [2.05, 4.69) is 44.8 Å². The van der Waals surface area contributed by atoms with Gasteiger partial charge in [0, 0.05) is 18.6 Å². The van der Waals surface area contributed by atoms with Crippen LogP contribution in [0.5, 0.6) is 0 Å². The van der Waals surface area contributed by atoms with Crippen molar-refractivity contribution >= 4 is 0 Å². The summed E-state index contributed by atoms with van der Waals surface area (Å²) in [6.07, 6.45) is 4.00. The first-order chi connectivity index (χ1) is 8.06. The zero-order chi connectivity index (χ0) is 12.8. The van der Waals surface area contributed by atoms with Crippen LogP contribution >= 0.6 is 0 Å². The number of hydrogen-bond donors (Lipinski definition) is 1. The molecule has 0 saturated carbocycles. The maximum Gasteiger partial charge on any atom is 0.00952 e. The highest BCUT2D eigenvalue weighted by Crippen LogP contribution is 2.21. The number of nitrogens with one attached hydrogen (secondary N) is 1. The van der Waals surface area contributed by atoms with Crippen molar-refractivity contribution in [2.75, 3.05) is 19.6 Å². The van der Waals surface area contributed by atoms with E-state index in [-0.39, 0.29) is 0 Å². The molecule has 2 atom stereocenters. The monoisotopic (exact) mass is 240 g/mol. The van der Waals surface area contributed by atoms with Crippen molar-refractivity contribution in [3.8, 4) is 0 Å². The summed E-state index contributed by atoms with van der Waals surface area (Å²) in [5.41, 5.74) is 0. The van der Waals surface area contributed by atoms with Crippen LogP contribution in [0.15, 0.2) is 0 Å². The first-order valence-corrected chi connectivity index (χ1v) is 7.52. The molecule has 0 spiro atoms. The van der Waals surface area contributed by atoms with Crippen LogP contribution in [0, 0.1) is 11.8 Å². The molecule has 102 valence electrons. The predicted molar refractivity (Wildman–Crippen MR) is 76.4 cm³/mol. The normalized spacial score (nSPS) is 22.1. The zero-order valence-corrected chi connectivity index (χ0v) is 12.5. The number of nitrogens with zero attached hydrogens (tertiary/aromatic N) is 1. The van der Waals surface area contributed by atoms with E-state index in [0.717, 1.165) is 17.9 Å². The Morgan fingerprint density at radius 1 is 1.12 bits per heavy atom. The second-order valence-electron chi connectivity index (χ2n) is 6.11. The van der Waals surface area contributed by atoms with Gasteiger partial charge in [-0.2, -0.15) is 0 Å². The maximum absolute atomic E-state index is 3.46. The van der Waals surface area contributed by atoms with Gasteiger partial charge in [-0.3, -0.25) is 4.90 Å². The summed E-state index contributed by atoms with van der Waals surface area (Å²) in [5, 5.41) is 3.46. The van der Waals surface area contributed by atoms with Crippen LogP contribution in [0.1, 0.15) is 53.9 Å². The topological polar surface area (TPSA) is 15.3 Å². The van der Waals surface area contributed by atoms with E-state index >= 15 is 0 Å². The fourth-order valence-electron chi connectivity index (χ4n) is 2.88. The Morgan fingerprint density at radius 2 is 1.71 bits per heavy atom. The zero-order valence-electron chi connectivity index (χ0n) is 12.5. The van der Waals surface area contributed by atoms with Crippen molar-refractivity contribution in [1.29, 1.82) is 0 Å². The van der Waals surface area contributed by atoms with Gasteiger partial charge in [-0.1, -0.05) is 20.3 Å². The summed E-state index contributed by atoms with van der Waals surface area (Å²) >= 11 is 0. The largest absolute Gasteiger partial charge is 0.317 e. The molecule has 1 rings (SSSR count). The highest BCUT2D eigenvalue weighted by molar-refractivity contribution is 4.79. The molecule has 1 fully saturated rings. The molecule has 0 aromatic heterocycles. The molecule has 1 aliphatic rings. The molecule has 0 bridgehead atoms. The van der Waals surface area contributed by atoms with Crippen molar-refractivity contribution in [3.63, 3.8) is 0 Å². The van der Waals surface area contributed by atoms with Gasteiger partial charge < -0.3 is 5.32 Å². The van der Waals surface area contributed by atoms with Gasteiger partial charge >= 0.3 is 0 Å². The number of rotatable bonds is 6. The Labute approximate surface area is 108 Å². The molecule has 0 aliphatic carbocycles. The van der Waals surface area contributed by atoms with Gasteiger partial charge in [-0.25, -0.2) is 0 Å². The summed E-state index contributed by atoms with van der Waals surface area (Å²) in [5.74, 6) is 1.71. The minimum atomic E-state index is 0.675. The molecule has 2 nitrogen and oxygen atoms in total. The molecule has 1 N–H and O–H groups in total. The minimum absolute atomic E-state index is 0.675. The fourth-order valence-corrected chi connectivity index (χ4v) is 2.88. The minimum Gasteiger partial charge on any atom is -0.317 e. The van der Waals surface area contributed by atoms with E-state index in [9.17, 15) is 0 Å². The first-order valence-electron chi connectivity index (χ1n) is 7.52. The number of piperidine rings is 1. The van der Waals surface area contributed by atoms with Gasteiger partial charge in [0.25, 0.3) is 0 Å². The smallest absolute Gasteiger partial charge is 0.00952 e. The van der Waals surface area contributed by atoms with Crippen molar-refractivity contribution in [2.24, 2.45) is 11.8 Å². The Hall–Kier alpha value is -0.0800. The Kier molecular flexibility index (Phi) is 6.50. The number of hydrogen-bond acceptors (Lipinski definition) is 2. The lowest BCUT2D eigenvalue weighted by atomic mass is 9.93. The Bertz CT molecular complexity index is 197. The van der Waals surface area contributed by atoms with Crippen LogP contribution in [0.3, 0.4) is 0 Å². The molecule has 0 aromatic rings. The summed E-state index contributed by atoms with van der Waals surface area (Å²) in [6.45, 7) is 15.5. The van der Waals surface area contributed by atoms with Crippen molar-refractivity contribution in [1.82, 2.24) is 10.2 Å². The molecule has 0 amide bonds. The summed E-state index contributed by atoms with van der Waals surface area (Å²) in [4.78, 5) is 2.73. The molecule has 1 saturated heterocycles.